The second-order valence-electron chi connectivity index (χ2n) is 6.09. The molecular formula is C21H22N2O2S. The monoisotopic (exact) mass is 366 g/mol. The third kappa shape index (κ3) is 4.11. The molecule has 1 amide bonds. The highest BCUT2D eigenvalue weighted by Gasteiger charge is 2.15. The number of thiazole rings is 1. The Hall–Kier alpha value is -2.66. The number of nitrogens with zero attached hydrogens (tertiary/aromatic N) is 1. The van der Waals surface area contributed by atoms with Gasteiger partial charge in [-0.25, -0.2) is 4.98 Å². The molecule has 1 heterocycles. The lowest BCUT2D eigenvalue weighted by molar-refractivity contribution is 0.102. The van der Waals surface area contributed by atoms with Crippen LogP contribution in [-0.4, -0.2) is 18.0 Å². The van der Waals surface area contributed by atoms with Crippen molar-refractivity contribution in [2.24, 2.45) is 0 Å². The predicted octanol–water partition coefficient (Wildman–Crippen LogP) is 5.33. The van der Waals surface area contributed by atoms with Crippen LogP contribution in [0, 0.1) is 6.92 Å². The molecule has 1 aromatic heterocycles. The third-order valence-electron chi connectivity index (χ3n) is 4.07. The number of benzene rings is 2. The number of nitrogens with one attached hydrogen (secondary N) is 1. The average molecular weight is 366 g/mol. The topological polar surface area (TPSA) is 51.2 Å². The van der Waals surface area contributed by atoms with Crippen LogP contribution in [0.5, 0.6) is 5.75 Å². The van der Waals surface area contributed by atoms with Gasteiger partial charge in [-0.05, 0) is 37.6 Å². The highest BCUT2D eigenvalue weighted by Crippen LogP contribution is 2.32. The molecule has 0 saturated heterocycles. The summed E-state index contributed by atoms with van der Waals surface area (Å²) in [6.45, 7) is 4.21. The summed E-state index contributed by atoms with van der Waals surface area (Å²) in [5.74, 6) is 0.558. The average Bonchev–Trinajstić information content (AvgIpc) is 3.05. The van der Waals surface area contributed by atoms with E-state index < -0.39 is 0 Å². The number of hydrogen-bond donors (Lipinski definition) is 1. The molecule has 0 aliphatic carbocycles. The molecule has 0 aliphatic heterocycles. The Bertz CT molecular complexity index is 883. The van der Waals surface area contributed by atoms with Crippen molar-refractivity contribution in [1.29, 1.82) is 0 Å². The van der Waals surface area contributed by atoms with Crippen molar-refractivity contribution in [3.05, 3.63) is 64.5 Å². The smallest absolute Gasteiger partial charge is 0.257 e. The molecule has 0 saturated carbocycles. The summed E-state index contributed by atoms with van der Waals surface area (Å²) in [7, 11) is 1.60. The van der Waals surface area contributed by atoms with Gasteiger partial charge in [-0.3, -0.25) is 10.1 Å². The molecule has 0 bridgehead atoms. The van der Waals surface area contributed by atoms with Crippen molar-refractivity contribution in [2.75, 3.05) is 12.4 Å². The van der Waals surface area contributed by atoms with E-state index in [1.165, 1.54) is 10.4 Å². The zero-order chi connectivity index (χ0) is 18.5. The van der Waals surface area contributed by atoms with E-state index in [9.17, 15) is 4.79 Å². The number of carbonyl (C=O) groups excluding carboxylic acids is 1. The molecule has 0 radical (unpaired) electrons. The zero-order valence-electron chi connectivity index (χ0n) is 15.2. The molecule has 0 atom stereocenters. The molecule has 0 unspecified atom stereocenters. The first-order valence-electron chi connectivity index (χ1n) is 8.63. The normalized spacial score (nSPS) is 10.6. The lowest BCUT2D eigenvalue weighted by Crippen LogP contribution is -2.11. The van der Waals surface area contributed by atoms with Crippen molar-refractivity contribution < 1.29 is 9.53 Å². The first-order valence-corrected chi connectivity index (χ1v) is 9.44. The van der Waals surface area contributed by atoms with E-state index in [0.717, 1.165) is 29.8 Å². The largest absolute Gasteiger partial charge is 0.497 e. The maximum atomic E-state index is 12.5. The second kappa shape index (κ2) is 8.15. The number of hydrogen-bond acceptors (Lipinski definition) is 4. The van der Waals surface area contributed by atoms with E-state index >= 15 is 0 Å². The second-order valence-corrected chi connectivity index (χ2v) is 7.17. The summed E-state index contributed by atoms with van der Waals surface area (Å²) in [6, 6.07) is 15.4. The molecule has 3 aromatic rings. The Balaban J connectivity index is 1.84. The summed E-state index contributed by atoms with van der Waals surface area (Å²) >= 11 is 1.55. The van der Waals surface area contributed by atoms with Crippen molar-refractivity contribution >= 4 is 22.4 Å². The summed E-state index contributed by atoms with van der Waals surface area (Å²) in [4.78, 5) is 18.4. The van der Waals surface area contributed by atoms with Gasteiger partial charge in [-0.1, -0.05) is 43.2 Å². The lowest BCUT2D eigenvalue weighted by Gasteiger charge is -2.03. The van der Waals surface area contributed by atoms with Crippen LogP contribution < -0.4 is 10.1 Å². The van der Waals surface area contributed by atoms with Crippen LogP contribution >= 0.6 is 11.3 Å². The number of aryl methyl sites for hydroxylation is 2. The van der Waals surface area contributed by atoms with Crippen molar-refractivity contribution in [3.63, 3.8) is 0 Å². The van der Waals surface area contributed by atoms with Gasteiger partial charge in [-0.15, -0.1) is 11.3 Å². The van der Waals surface area contributed by atoms with Gasteiger partial charge in [0.1, 0.15) is 5.75 Å². The molecule has 26 heavy (non-hydrogen) atoms. The number of rotatable bonds is 6. The zero-order valence-corrected chi connectivity index (χ0v) is 16.0. The molecule has 4 nitrogen and oxygen atoms in total. The van der Waals surface area contributed by atoms with E-state index in [2.05, 4.69) is 48.4 Å². The molecule has 134 valence electrons. The SMILES string of the molecule is CCCc1sc(NC(=O)c2ccc(OC)cc2)nc1-c1ccc(C)cc1. The van der Waals surface area contributed by atoms with Crippen molar-refractivity contribution in [3.8, 4) is 17.0 Å². The molecule has 2 aromatic carbocycles. The number of ether oxygens (including phenoxy) is 1. The standard InChI is InChI=1S/C21H22N2O2S/c1-4-5-18-19(15-8-6-14(2)7-9-15)22-21(26-18)23-20(24)16-10-12-17(25-3)13-11-16/h6-13H,4-5H2,1-3H3,(H,22,23,24). The highest BCUT2D eigenvalue weighted by molar-refractivity contribution is 7.16. The third-order valence-corrected chi connectivity index (χ3v) is 5.10. The van der Waals surface area contributed by atoms with Crippen LogP contribution in [0.2, 0.25) is 0 Å². The number of methoxy groups -OCH3 is 1. The van der Waals surface area contributed by atoms with Gasteiger partial charge in [0, 0.05) is 16.0 Å². The van der Waals surface area contributed by atoms with Crippen LogP contribution in [0.15, 0.2) is 48.5 Å². The van der Waals surface area contributed by atoms with Gasteiger partial charge in [0.15, 0.2) is 5.13 Å². The summed E-state index contributed by atoms with van der Waals surface area (Å²) in [6.07, 6.45) is 1.98. The Morgan fingerprint density at radius 3 is 2.42 bits per heavy atom. The summed E-state index contributed by atoms with van der Waals surface area (Å²) in [5, 5.41) is 3.55. The Labute approximate surface area is 157 Å². The van der Waals surface area contributed by atoms with E-state index in [1.807, 2.05) is 0 Å². The minimum atomic E-state index is -0.167. The van der Waals surface area contributed by atoms with Gasteiger partial charge in [-0.2, -0.15) is 0 Å². The fourth-order valence-corrected chi connectivity index (χ4v) is 3.73. The van der Waals surface area contributed by atoms with Crippen LogP contribution in [0.1, 0.15) is 34.1 Å². The summed E-state index contributed by atoms with van der Waals surface area (Å²) in [5.41, 5.74) is 3.84. The number of carbonyl (C=O) groups is 1. The Morgan fingerprint density at radius 2 is 1.81 bits per heavy atom. The van der Waals surface area contributed by atoms with Crippen molar-refractivity contribution in [2.45, 2.75) is 26.7 Å². The van der Waals surface area contributed by atoms with Gasteiger partial charge < -0.3 is 4.74 Å². The minimum absolute atomic E-state index is 0.167. The maximum Gasteiger partial charge on any atom is 0.257 e. The first-order chi connectivity index (χ1) is 12.6. The Morgan fingerprint density at radius 1 is 1.12 bits per heavy atom. The van der Waals surface area contributed by atoms with Gasteiger partial charge in [0.25, 0.3) is 5.91 Å². The first kappa shape index (κ1) is 18.1. The van der Waals surface area contributed by atoms with Gasteiger partial charge >= 0.3 is 0 Å². The molecule has 5 heteroatoms. The number of anilines is 1. The minimum Gasteiger partial charge on any atom is -0.497 e. The van der Waals surface area contributed by atoms with E-state index in [0.29, 0.717) is 10.7 Å². The molecule has 3 rings (SSSR count). The van der Waals surface area contributed by atoms with E-state index in [1.54, 1.807) is 42.7 Å². The van der Waals surface area contributed by atoms with Crippen molar-refractivity contribution in [1.82, 2.24) is 4.98 Å². The number of amides is 1. The fourth-order valence-electron chi connectivity index (χ4n) is 2.65. The molecular weight excluding hydrogens is 344 g/mol. The van der Waals surface area contributed by atoms with Crippen LogP contribution in [-0.2, 0) is 6.42 Å². The quantitative estimate of drug-likeness (QED) is 0.641. The highest BCUT2D eigenvalue weighted by atomic mass is 32.1. The van der Waals surface area contributed by atoms with Gasteiger partial charge in [0.2, 0.25) is 0 Å². The van der Waals surface area contributed by atoms with E-state index in [-0.39, 0.29) is 5.91 Å². The maximum absolute atomic E-state index is 12.5. The van der Waals surface area contributed by atoms with Crippen LogP contribution in [0.4, 0.5) is 5.13 Å². The molecule has 1 N–H and O–H groups in total. The van der Waals surface area contributed by atoms with E-state index in [4.69, 9.17) is 4.74 Å². The van der Waals surface area contributed by atoms with Crippen LogP contribution in [0.25, 0.3) is 11.3 Å². The fraction of sp³-hybridized carbons (Fsp3) is 0.238. The Kier molecular flexibility index (Phi) is 5.68. The number of aromatic nitrogens is 1. The summed E-state index contributed by atoms with van der Waals surface area (Å²) < 4.78 is 5.13. The van der Waals surface area contributed by atoms with Gasteiger partial charge in [0.05, 0.1) is 12.8 Å². The molecule has 0 aliphatic rings. The molecule has 0 spiro atoms. The lowest BCUT2D eigenvalue weighted by atomic mass is 10.1. The predicted molar refractivity (Wildman–Crippen MR) is 107 cm³/mol. The molecule has 0 fully saturated rings. The van der Waals surface area contributed by atoms with Crippen LogP contribution in [0.3, 0.4) is 0 Å².